The topological polar surface area (TPSA) is 94.1 Å². The lowest BCUT2D eigenvalue weighted by atomic mass is 10.1. The van der Waals surface area contributed by atoms with Crippen molar-refractivity contribution in [2.75, 3.05) is 52.4 Å². The summed E-state index contributed by atoms with van der Waals surface area (Å²) in [4.78, 5) is 2.29. The lowest BCUT2D eigenvalue weighted by Crippen LogP contribution is -2.48. The number of rotatable bonds is 7. The summed E-state index contributed by atoms with van der Waals surface area (Å²) >= 11 is 0. The molecule has 174 valence electrons. The predicted octanol–water partition coefficient (Wildman–Crippen LogP) is 2.68. The van der Waals surface area contributed by atoms with Crippen LogP contribution in [0.2, 0.25) is 0 Å². The molecule has 0 aliphatic carbocycles. The van der Waals surface area contributed by atoms with Gasteiger partial charge < -0.3 is 19.1 Å². The third-order valence-electron chi connectivity index (χ3n) is 5.59. The van der Waals surface area contributed by atoms with Crippen LogP contribution < -0.4 is 19.1 Å². The third-order valence-corrected chi connectivity index (χ3v) is 7.50. The van der Waals surface area contributed by atoms with Crippen LogP contribution in [0.1, 0.15) is 0 Å². The summed E-state index contributed by atoms with van der Waals surface area (Å²) in [6.45, 7) is 1.79. The second-order valence-corrected chi connectivity index (χ2v) is 9.35. The van der Waals surface area contributed by atoms with Gasteiger partial charge in [0.05, 0.1) is 31.9 Å². The molecule has 2 aromatic carbocycles. The number of ether oxygens (including phenoxy) is 3. The number of aromatic nitrogens is 2. The monoisotopic (exact) mass is 470 g/mol. The molecule has 0 atom stereocenters. The van der Waals surface area contributed by atoms with Gasteiger partial charge in [-0.25, -0.2) is 8.42 Å². The normalized spacial score (nSPS) is 14.7. The molecule has 0 N–H and O–H groups in total. The van der Waals surface area contributed by atoms with Gasteiger partial charge in [-0.1, -0.05) is 0 Å². The SMILES string of the molecule is COc1ccc(S(=O)(=O)N2CCN(c3ccc(-c4ccc(OC)c(OC)c4)nn3)CC2)cc1. The summed E-state index contributed by atoms with van der Waals surface area (Å²) in [5, 5.41) is 8.72. The highest BCUT2D eigenvalue weighted by molar-refractivity contribution is 7.89. The van der Waals surface area contributed by atoms with Crippen molar-refractivity contribution in [2.24, 2.45) is 0 Å². The number of hydrogen-bond acceptors (Lipinski definition) is 8. The fraction of sp³-hybridized carbons (Fsp3) is 0.304. The van der Waals surface area contributed by atoms with Crippen molar-refractivity contribution >= 4 is 15.8 Å². The molecular weight excluding hydrogens is 444 g/mol. The minimum Gasteiger partial charge on any atom is -0.497 e. The van der Waals surface area contributed by atoms with E-state index >= 15 is 0 Å². The second kappa shape index (κ2) is 9.63. The Labute approximate surface area is 193 Å². The molecule has 1 aliphatic rings. The Morgan fingerprint density at radius 1 is 0.758 bits per heavy atom. The van der Waals surface area contributed by atoms with E-state index in [1.54, 1.807) is 45.6 Å². The molecule has 1 saturated heterocycles. The van der Waals surface area contributed by atoms with Gasteiger partial charge in [0.15, 0.2) is 17.3 Å². The molecule has 2 heterocycles. The Balaban J connectivity index is 1.43. The van der Waals surface area contributed by atoms with Crippen LogP contribution in [0.3, 0.4) is 0 Å². The van der Waals surface area contributed by atoms with Gasteiger partial charge in [0.25, 0.3) is 0 Å². The number of hydrogen-bond donors (Lipinski definition) is 0. The number of methoxy groups -OCH3 is 3. The van der Waals surface area contributed by atoms with E-state index in [0.717, 1.165) is 5.56 Å². The van der Waals surface area contributed by atoms with E-state index < -0.39 is 10.0 Å². The van der Waals surface area contributed by atoms with Crippen LogP contribution in [0.4, 0.5) is 5.82 Å². The first-order valence-corrected chi connectivity index (χ1v) is 11.9. The van der Waals surface area contributed by atoms with E-state index in [1.807, 2.05) is 35.2 Å². The van der Waals surface area contributed by atoms with Crippen LogP contribution in [0.5, 0.6) is 17.2 Å². The molecule has 1 aromatic heterocycles. The summed E-state index contributed by atoms with van der Waals surface area (Å²) < 4.78 is 43.1. The van der Waals surface area contributed by atoms with Crippen LogP contribution >= 0.6 is 0 Å². The third kappa shape index (κ3) is 4.71. The van der Waals surface area contributed by atoms with E-state index in [4.69, 9.17) is 14.2 Å². The summed E-state index contributed by atoms with van der Waals surface area (Å²) in [5.41, 5.74) is 1.57. The van der Waals surface area contributed by atoms with E-state index in [1.165, 1.54) is 4.31 Å². The van der Waals surface area contributed by atoms with Crippen molar-refractivity contribution < 1.29 is 22.6 Å². The maximum absolute atomic E-state index is 12.9. The van der Waals surface area contributed by atoms with Crippen molar-refractivity contribution in [3.63, 3.8) is 0 Å². The van der Waals surface area contributed by atoms with Crippen molar-refractivity contribution in [2.45, 2.75) is 4.90 Å². The van der Waals surface area contributed by atoms with Gasteiger partial charge in [-0.15, -0.1) is 10.2 Å². The quantitative estimate of drug-likeness (QED) is 0.520. The molecule has 0 saturated carbocycles. The van der Waals surface area contributed by atoms with Gasteiger partial charge >= 0.3 is 0 Å². The van der Waals surface area contributed by atoms with Crippen LogP contribution in [0.25, 0.3) is 11.3 Å². The Kier molecular flexibility index (Phi) is 6.66. The largest absolute Gasteiger partial charge is 0.497 e. The molecule has 0 bridgehead atoms. The summed E-state index contributed by atoms with van der Waals surface area (Å²) in [5.74, 6) is 2.60. The van der Waals surface area contributed by atoms with E-state index in [9.17, 15) is 8.42 Å². The first kappa shape index (κ1) is 22.8. The van der Waals surface area contributed by atoms with Crippen LogP contribution in [0, 0.1) is 0 Å². The highest BCUT2D eigenvalue weighted by atomic mass is 32.2. The number of anilines is 1. The van der Waals surface area contributed by atoms with Crippen LogP contribution in [-0.2, 0) is 10.0 Å². The maximum atomic E-state index is 12.9. The van der Waals surface area contributed by atoms with Gasteiger partial charge in [-0.05, 0) is 54.6 Å². The predicted molar refractivity (Wildman–Crippen MR) is 125 cm³/mol. The Morgan fingerprint density at radius 3 is 2.03 bits per heavy atom. The average molecular weight is 471 g/mol. The lowest BCUT2D eigenvalue weighted by molar-refractivity contribution is 0.355. The Bertz CT molecular complexity index is 1190. The van der Waals surface area contributed by atoms with Crippen LogP contribution in [-0.4, -0.2) is 70.4 Å². The van der Waals surface area contributed by atoms with Crippen molar-refractivity contribution in [3.8, 4) is 28.5 Å². The summed E-state index contributed by atoms with van der Waals surface area (Å²) in [7, 11) is 1.17. The summed E-state index contributed by atoms with van der Waals surface area (Å²) in [6.07, 6.45) is 0. The molecule has 0 spiro atoms. The zero-order valence-electron chi connectivity index (χ0n) is 18.8. The average Bonchev–Trinajstić information content (AvgIpc) is 2.88. The molecule has 0 amide bonds. The standard InChI is InChI=1S/C23H26N4O5S/c1-30-18-5-7-19(8-6-18)33(28,29)27-14-12-26(13-15-27)23-11-9-20(24-25-23)17-4-10-21(31-2)22(16-17)32-3/h4-11,16H,12-15H2,1-3H3. The van der Waals surface area contributed by atoms with E-state index in [-0.39, 0.29) is 4.90 Å². The van der Waals surface area contributed by atoms with Crippen molar-refractivity contribution in [1.29, 1.82) is 0 Å². The molecular formula is C23H26N4O5S. The molecule has 3 aromatic rings. The Morgan fingerprint density at radius 2 is 1.45 bits per heavy atom. The molecule has 9 nitrogen and oxygen atoms in total. The first-order valence-electron chi connectivity index (χ1n) is 10.4. The molecule has 1 fully saturated rings. The highest BCUT2D eigenvalue weighted by Gasteiger charge is 2.29. The Hall–Kier alpha value is -3.37. The molecule has 10 heteroatoms. The number of benzene rings is 2. The smallest absolute Gasteiger partial charge is 0.243 e. The van der Waals surface area contributed by atoms with Gasteiger partial charge in [0.2, 0.25) is 10.0 Å². The molecule has 4 rings (SSSR count). The van der Waals surface area contributed by atoms with Gasteiger partial charge in [0, 0.05) is 31.7 Å². The minimum atomic E-state index is -3.55. The lowest BCUT2D eigenvalue weighted by Gasteiger charge is -2.34. The van der Waals surface area contributed by atoms with E-state index in [2.05, 4.69) is 10.2 Å². The number of piperazine rings is 1. The fourth-order valence-corrected chi connectivity index (χ4v) is 5.12. The van der Waals surface area contributed by atoms with Crippen molar-refractivity contribution in [3.05, 3.63) is 54.6 Å². The maximum Gasteiger partial charge on any atom is 0.243 e. The number of sulfonamides is 1. The van der Waals surface area contributed by atoms with Crippen molar-refractivity contribution in [1.82, 2.24) is 14.5 Å². The number of nitrogens with zero attached hydrogens (tertiary/aromatic N) is 4. The molecule has 1 aliphatic heterocycles. The van der Waals surface area contributed by atoms with Gasteiger partial charge in [0.1, 0.15) is 5.75 Å². The van der Waals surface area contributed by atoms with Gasteiger partial charge in [-0.2, -0.15) is 4.31 Å². The second-order valence-electron chi connectivity index (χ2n) is 7.41. The molecule has 0 unspecified atom stereocenters. The van der Waals surface area contributed by atoms with Gasteiger partial charge in [-0.3, -0.25) is 0 Å². The zero-order chi connectivity index (χ0) is 23.4. The molecule has 33 heavy (non-hydrogen) atoms. The molecule has 0 radical (unpaired) electrons. The minimum absolute atomic E-state index is 0.260. The highest BCUT2D eigenvalue weighted by Crippen LogP contribution is 2.31. The zero-order valence-corrected chi connectivity index (χ0v) is 19.6. The fourth-order valence-electron chi connectivity index (χ4n) is 3.70. The van der Waals surface area contributed by atoms with E-state index in [0.29, 0.717) is 54.9 Å². The summed E-state index contributed by atoms with van der Waals surface area (Å²) in [6, 6.07) is 15.8. The first-order chi connectivity index (χ1) is 16.0. The van der Waals surface area contributed by atoms with Crippen LogP contribution in [0.15, 0.2) is 59.5 Å².